The smallest absolute Gasteiger partial charge is 0.143 e. The molecule has 0 atom stereocenters. The predicted octanol–water partition coefficient (Wildman–Crippen LogP) is 15.0. The van der Waals surface area contributed by atoms with Crippen LogP contribution in [0.1, 0.15) is 25.0 Å². The summed E-state index contributed by atoms with van der Waals surface area (Å²) in [7, 11) is 0. The monoisotopic (exact) mass is 703 g/mol. The molecule has 0 aliphatic heterocycles. The Labute approximate surface area is 320 Å². The molecule has 1 aliphatic carbocycles. The van der Waals surface area contributed by atoms with Crippen LogP contribution in [0, 0.1) is 0 Å². The maximum atomic E-state index is 6.93. The topological polar surface area (TPSA) is 16.4 Å². The number of hydrogen-bond donors (Lipinski definition) is 0. The summed E-state index contributed by atoms with van der Waals surface area (Å²) >= 11 is 0. The Morgan fingerprint density at radius 3 is 1.89 bits per heavy atom. The fraction of sp³-hybridized carbons (Fsp3) is 0.0566. The highest BCUT2D eigenvalue weighted by Gasteiger charge is 2.35. The average Bonchev–Trinajstić information content (AvgIpc) is 3.71. The molecule has 11 rings (SSSR count). The Morgan fingerprint density at radius 1 is 0.400 bits per heavy atom. The van der Waals surface area contributed by atoms with E-state index in [9.17, 15) is 0 Å². The van der Waals surface area contributed by atoms with Gasteiger partial charge in [-0.05, 0) is 115 Å². The molecular weight excluding hydrogens is 667 g/mol. The molecule has 0 amide bonds. The predicted molar refractivity (Wildman–Crippen MR) is 232 cm³/mol. The van der Waals surface area contributed by atoms with Crippen molar-refractivity contribution in [2.45, 2.75) is 19.3 Å². The van der Waals surface area contributed by atoms with Crippen molar-refractivity contribution in [2.75, 3.05) is 4.90 Å². The van der Waals surface area contributed by atoms with E-state index >= 15 is 0 Å². The van der Waals surface area contributed by atoms with Gasteiger partial charge in [-0.15, -0.1) is 0 Å². The van der Waals surface area contributed by atoms with Gasteiger partial charge in [-0.25, -0.2) is 0 Å². The van der Waals surface area contributed by atoms with Crippen LogP contribution in [0.3, 0.4) is 0 Å². The highest BCUT2D eigenvalue weighted by atomic mass is 16.3. The molecule has 55 heavy (non-hydrogen) atoms. The van der Waals surface area contributed by atoms with Gasteiger partial charge in [0, 0.05) is 38.8 Å². The second kappa shape index (κ2) is 12.1. The highest BCUT2D eigenvalue weighted by Crippen LogP contribution is 2.51. The van der Waals surface area contributed by atoms with Gasteiger partial charge >= 0.3 is 0 Å². The van der Waals surface area contributed by atoms with Crippen LogP contribution >= 0.6 is 0 Å². The van der Waals surface area contributed by atoms with Gasteiger partial charge in [0.25, 0.3) is 0 Å². The van der Waals surface area contributed by atoms with E-state index in [1.807, 2.05) is 0 Å². The number of rotatable bonds is 5. The third-order valence-electron chi connectivity index (χ3n) is 11.8. The maximum Gasteiger partial charge on any atom is 0.143 e. The normalized spacial score (nSPS) is 13.1. The Hall–Kier alpha value is -6.90. The molecule has 9 aromatic carbocycles. The number of fused-ring (bicyclic) bond motifs is 8. The van der Waals surface area contributed by atoms with Crippen LogP contribution < -0.4 is 4.90 Å². The molecule has 0 N–H and O–H groups in total. The lowest BCUT2D eigenvalue weighted by Crippen LogP contribution is -2.14. The Bertz CT molecular complexity index is 3110. The van der Waals surface area contributed by atoms with Crippen molar-refractivity contribution in [3.05, 3.63) is 199 Å². The van der Waals surface area contributed by atoms with Crippen molar-refractivity contribution in [3.63, 3.8) is 0 Å². The number of furan rings is 1. The molecule has 2 nitrogen and oxygen atoms in total. The molecule has 0 unspecified atom stereocenters. The van der Waals surface area contributed by atoms with E-state index in [-0.39, 0.29) is 5.41 Å². The first-order valence-electron chi connectivity index (χ1n) is 19.1. The lowest BCUT2D eigenvalue weighted by molar-refractivity contribution is 0.660. The molecule has 0 saturated carbocycles. The van der Waals surface area contributed by atoms with Gasteiger partial charge in [-0.2, -0.15) is 0 Å². The first-order chi connectivity index (χ1) is 27.0. The van der Waals surface area contributed by atoms with Gasteiger partial charge in [0.05, 0.1) is 0 Å². The lowest BCUT2D eigenvalue weighted by atomic mass is 9.81. The molecule has 0 saturated heterocycles. The standard InChI is InChI=1S/C53H37NO/c1-53(2)48-19-11-10-18-44(48)45-28-23-39(32-49(45)53)51-43-17-9-8-16-38(43)31-47-46-33-42(27-29-50(46)55-52(47)51)54(41-26-22-35-14-6-7-15-37(35)30-41)40-24-20-36(21-25-40)34-12-4-3-5-13-34/h3-33H,1-2H3. The number of benzene rings is 9. The van der Waals surface area contributed by atoms with Crippen LogP contribution in [0.4, 0.5) is 17.1 Å². The van der Waals surface area contributed by atoms with E-state index in [4.69, 9.17) is 4.42 Å². The van der Waals surface area contributed by atoms with Crippen LogP contribution in [-0.4, -0.2) is 0 Å². The molecule has 0 spiro atoms. The summed E-state index contributed by atoms with van der Waals surface area (Å²) in [4.78, 5) is 2.36. The molecule has 2 heteroatoms. The third kappa shape index (κ3) is 4.95. The minimum atomic E-state index is -0.0973. The Kier molecular flexibility index (Phi) is 6.93. The summed E-state index contributed by atoms with van der Waals surface area (Å²) in [6.07, 6.45) is 0. The third-order valence-corrected chi connectivity index (χ3v) is 11.8. The van der Waals surface area contributed by atoms with Gasteiger partial charge in [0.15, 0.2) is 0 Å². The number of anilines is 3. The number of nitrogens with zero attached hydrogens (tertiary/aromatic N) is 1. The molecule has 1 aliphatic rings. The van der Waals surface area contributed by atoms with Crippen molar-refractivity contribution < 1.29 is 4.42 Å². The summed E-state index contributed by atoms with van der Waals surface area (Å²) in [5.74, 6) is 0. The van der Waals surface area contributed by atoms with Crippen LogP contribution in [0.15, 0.2) is 192 Å². The molecular formula is C53H37NO. The molecule has 0 fully saturated rings. The van der Waals surface area contributed by atoms with Crippen LogP contribution in [0.5, 0.6) is 0 Å². The van der Waals surface area contributed by atoms with Gasteiger partial charge in [-0.1, -0.05) is 147 Å². The van der Waals surface area contributed by atoms with Gasteiger partial charge in [0.1, 0.15) is 11.2 Å². The van der Waals surface area contributed by atoms with Crippen LogP contribution in [-0.2, 0) is 5.41 Å². The largest absolute Gasteiger partial charge is 0.455 e. The van der Waals surface area contributed by atoms with Crippen molar-refractivity contribution in [2.24, 2.45) is 0 Å². The Balaban J connectivity index is 1.11. The number of hydrogen-bond acceptors (Lipinski definition) is 2. The molecule has 10 aromatic rings. The second-order valence-corrected chi connectivity index (χ2v) is 15.3. The zero-order valence-corrected chi connectivity index (χ0v) is 30.8. The van der Waals surface area contributed by atoms with Crippen LogP contribution in [0.25, 0.3) is 76.9 Å². The van der Waals surface area contributed by atoms with Crippen molar-refractivity contribution >= 4 is 60.5 Å². The molecule has 0 bridgehead atoms. The van der Waals surface area contributed by atoms with E-state index < -0.39 is 0 Å². The molecule has 1 heterocycles. The first kappa shape index (κ1) is 31.6. The van der Waals surface area contributed by atoms with E-state index in [0.29, 0.717) is 0 Å². The minimum absolute atomic E-state index is 0.0973. The van der Waals surface area contributed by atoms with Crippen molar-refractivity contribution in [3.8, 4) is 33.4 Å². The Morgan fingerprint density at radius 2 is 1.04 bits per heavy atom. The first-order valence-corrected chi connectivity index (χ1v) is 19.1. The summed E-state index contributed by atoms with van der Waals surface area (Å²) in [5, 5.41) is 7.03. The molecule has 260 valence electrons. The average molecular weight is 704 g/mol. The van der Waals surface area contributed by atoms with E-state index in [2.05, 4.69) is 207 Å². The van der Waals surface area contributed by atoms with Crippen LogP contribution in [0.2, 0.25) is 0 Å². The lowest BCUT2D eigenvalue weighted by Gasteiger charge is -2.26. The van der Waals surface area contributed by atoms with E-state index in [0.717, 1.165) is 44.6 Å². The zero-order chi connectivity index (χ0) is 36.7. The summed E-state index contributed by atoms with van der Waals surface area (Å²) in [6, 6.07) is 68.3. The molecule has 0 radical (unpaired) electrons. The fourth-order valence-electron chi connectivity index (χ4n) is 9.04. The minimum Gasteiger partial charge on any atom is -0.455 e. The summed E-state index contributed by atoms with van der Waals surface area (Å²) < 4.78 is 6.93. The second-order valence-electron chi connectivity index (χ2n) is 15.3. The SMILES string of the molecule is CC1(C)c2ccccc2-c2ccc(-c3c4ccccc4cc4c3oc3ccc(N(c5ccc(-c6ccccc6)cc5)c5ccc6ccccc6c5)cc34)cc21. The van der Waals surface area contributed by atoms with E-state index in [1.165, 1.54) is 60.5 Å². The van der Waals surface area contributed by atoms with Gasteiger partial charge in [-0.3, -0.25) is 0 Å². The quantitative estimate of drug-likeness (QED) is 0.177. The van der Waals surface area contributed by atoms with Gasteiger partial charge in [0.2, 0.25) is 0 Å². The van der Waals surface area contributed by atoms with Crippen molar-refractivity contribution in [1.82, 2.24) is 0 Å². The highest BCUT2D eigenvalue weighted by molar-refractivity contribution is 6.19. The zero-order valence-electron chi connectivity index (χ0n) is 30.8. The maximum absolute atomic E-state index is 6.93. The summed E-state index contributed by atoms with van der Waals surface area (Å²) in [6.45, 7) is 4.69. The van der Waals surface area contributed by atoms with E-state index in [1.54, 1.807) is 0 Å². The fourth-order valence-corrected chi connectivity index (χ4v) is 9.04. The van der Waals surface area contributed by atoms with Crippen molar-refractivity contribution in [1.29, 1.82) is 0 Å². The summed E-state index contributed by atoms with van der Waals surface area (Å²) in [5.41, 5.74) is 15.1. The molecule has 1 aromatic heterocycles. The van der Waals surface area contributed by atoms with Gasteiger partial charge < -0.3 is 9.32 Å².